The molecular formula is C24H17N3O3S. The maximum atomic E-state index is 13.2. The Hall–Kier alpha value is -3.97. The Morgan fingerprint density at radius 2 is 1.81 bits per heavy atom. The molecule has 1 unspecified atom stereocenters. The number of carbonyl (C=O) groups excluding carboxylic acids is 1. The molecule has 5 aromatic rings. The van der Waals surface area contributed by atoms with Crippen molar-refractivity contribution in [1.29, 1.82) is 0 Å². The number of phenols is 1. The molecule has 152 valence electrons. The van der Waals surface area contributed by atoms with Gasteiger partial charge in [0.05, 0.1) is 6.04 Å². The first-order valence-electron chi connectivity index (χ1n) is 9.65. The van der Waals surface area contributed by atoms with E-state index in [1.807, 2.05) is 60.7 Å². The highest BCUT2D eigenvalue weighted by atomic mass is 32.1. The molecule has 0 spiro atoms. The third kappa shape index (κ3) is 3.35. The van der Waals surface area contributed by atoms with Crippen LogP contribution in [-0.4, -0.2) is 20.4 Å². The van der Waals surface area contributed by atoms with Crippen LogP contribution in [0.2, 0.25) is 0 Å². The molecule has 0 radical (unpaired) electrons. The van der Waals surface area contributed by atoms with E-state index >= 15 is 0 Å². The summed E-state index contributed by atoms with van der Waals surface area (Å²) in [5.41, 5.74) is 0.865. The highest BCUT2D eigenvalue weighted by molar-refractivity contribution is 7.15. The van der Waals surface area contributed by atoms with Crippen molar-refractivity contribution < 1.29 is 9.90 Å². The van der Waals surface area contributed by atoms with Crippen LogP contribution >= 0.6 is 11.3 Å². The molecule has 5 rings (SSSR count). The molecule has 6 nitrogen and oxygen atoms in total. The number of phenolic OH excluding ortho intramolecular Hbond substituents is 1. The summed E-state index contributed by atoms with van der Waals surface area (Å²) >= 11 is 1.32. The van der Waals surface area contributed by atoms with Gasteiger partial charge < -0.3 is 10.4 Å². The zero-order valence-corrected chi connectivity index (χ0v) is 17.0. The van der Waals surface area contributed by atoms with Gasteiger partial charge in [0.2, 0.25) is 0 Å². The Morgan fingerprint density at radius 3 is 2.65 bits per heavy atom. The molecule has 0 saturated heterocycles. The van der Waals surface area contributed by atoms with Crippen LogP contribution in [0.25, 0.3) is 15.7 Å². The molecule has 3 aromatic carbocycles. The highest BCUT2D eigenvalue weighted by Gasteiger charge is 2.24. The average molecular weight is 427 g/mol. The Morgan fingerprint density at radius 1 is 1.03 bits per heavy atom. The van der Waals surface area contributed by atoms with E-state index in [4.69, 9.17) is 0 Å². The fourth-order valence-electron chi connectivity index (χ4n) is 3.74. The summed E-state index contributed by atoms with van der Waals surface area (Å²) in [5.74, 6) is -0.490. The summed E-state index contributed by atoms with van der Waals surface area (Å²) in [6.07, 6.45) is 2.89. The lowest BCUT2D eigenvalue weighted by atomic mass is 9.92. The van der Waals surface area contributed by atoms with Crippen LogP contribution in [0, 0.1) is 0 Å². The minimum absolute atomic E-state index is 0.0587. The quantitative estimate of drug-likeness (QED) is 0.452. The van der Waals surface area contributed by atoms with Gasteiger partial charge in [-0.15, -0.1) is 11.3 Å². The number of hydrogen-bond acceptors (Lipinski definition) is 5. The first kappa shape index (κ1) is 19.0. The first-order chi connectivity index (χ1) is 15.1. The molecule has 0 saturated carbocycles. The van der Waals surface area contributed by atoms with E-state index in [0.717, 1.165) is 16.3 Å². The number of amides is 1. The predicted octanol–water partition coefficient (Wildman–Crippen LogP) is 4.13. The van der Waals surface area contributed by atoms with Crippen molar-refractivity contribution >= 4 is 33.0 Å². The van der Waals surface area contributed by atoms with Crippen LogP contribution in [0.15, 0.2) is 89.3 Å². The van der Waals surface area contributed by atoms with Gasteiger partial charge in [0.1, 0.15) is 11.3 Å². The van der Waals surface area contributed by atoms with Crippen molar-refractivity contribution in [3.63, 3.8) is 0 Å². The minimum atomic E-state index is -0.664. The molecule has 2 N–H and O–H groups in total. The largest absolute Gasteiger partial charge is 0.508 e. The van der Waals surface area contributed by atoms with E-state index in [0.29, 0.717) is 10.5 Å². The van der Waals surface area contributed by atoms with Crippen molar-refractivity contribution in [2.24, 2.45) is 0 Å². The normalized spacial score (nSPS) is 12.1. The Labute approximate surface area is 181 Å². The topological polar surface area (TPSA) is 83.7 Å². The average Bonchev–Trinajstić information content (AvgIpc) is 3.28. The molecule has 2 aromatic heterocycles. The summed E-state index contributed by atoms with van der Waals surface area (Å²) in [6.45, 7) is 0. The van der Waals surface area contributed by atoms with E-state index in [1.165, 1.54) is 21.9 Å². The second-order valence-corrected chi connectivity index (χ2v) is 7.94. The lowest BCUT2D eigenvalue weighted by Crippen LogP contribution is -2.34. The van der Waals surface area contributed by atoms with Gasteiger partial charge in [-0.1, -0.05) is 60.7 Å². The predicted molar refractivity (Wildman–Crippen MR) is 121 cm³/mol. The number of aromatic nitrogens is 2. The molecule has 31 heavy (non-hydrogen) atoms. The van der Waals surface area contributed by atoms with Crippen LogP contribution < -0.4 is 10.9 Å². The number of aromatic hydroxyl groups is 1. The van der Waals surface area contributed by atoms with Crippen LogP contribution in [0.5, 0.6) is 5.75 Å². The lowest BCUT2D eigenvalue weighted by molar-refractivity contribution is 0.0941. The molecule has 0 aliphatic rings. The minimum Gasteiger partial charge on any atom is -0.508 e. The van der Waals surface area contributed by atoms with Crippen molar-refractivity contribution in [2.75, 3.05) is 0 Å². The van der Waals surface area contributed by atoms with Crippen LogP contribution in [0.1, 0.15) is 27.5 Å². The van der Waals surface area contributed by atoms with E-state index in [1.54, 1.807) is 17.6 Å². The number of fused-ring (bicyclic) bond motifs is 2. The van der Waals surface area contributed by atoms with Gasteiger partial charge in [0.25, 0.3) is 11.5 Å². The van der Waals surface area contributed by atoms with E-state index in [2.05, 4.69) is 10.3 Å². The van der Waals surface area contributed by atoms with Gasteiger partial charge in [0.15, 0.2) is 4.96 Å². The van der Waals surface area contributed by atoms with Gasteiger partial charge in [0, 0.05) is 23.3 Å². The summed E-state index contributed by atoms with van der Waals surface area (Å²) in [6, 6.07) is 19.8. The second-order valence-electron chi connectivity index (χ2n) is 7.07. The van der Waals surface area contributed by atoms with Gasteiger partial charge in [-0.3, -0.25) is 14.0 Å². The Bertz CT molecular complexity index is 1470. The third-order valence-corrected chi connectivity index (χ3v) is 6.00. The number of hydrogen-bond donors (Lipinski definition) is 2. The highest BCUT2D eigenvalue weighted by Crippen LogP contribution is 2.35. The van der Waals surface area contributed by atoms with Crippen molar-refractivity contribution in [3.05, 3.63) is 112 Å². The maximum absolute atomic E-state index is 13.2. The molecule has 0 fully saturated rings. The van der Waals surface area contributed by atoms with Crippen LogP contribution in [-0.2, 0) is 0 Å². The number of benzene rings is 3. The van der Waals surface area contributed by atoms with Crippen molar-refractivity contribution in [3.8, 4) is 5.75 Å². The molecule has 0 aliphatic heterocycles. The smallest absolute Gasteiger partial charge is 0.271 e. The monoisotopic (exact) mass is 427 g/mol. The molecule has 1 amide bonds. The summed E-state index contributed by atoms with van der Waals surface area (Å²) in [7, 11) is 0. The van der Waals surface area contributed by atoms with Gasteiger partial charge in [-0.2, -0.15) is 0 Å². The Kier molecular flexibility index (Phi) is 4.72. The maximum Gasteiger partial charge on any atom is 0.271 e. The van der Waals surface area contributed by atoms with Gasteiger partial charge >= 0.3 is 0 Å². The van der Waals surface area contributed by atoms with Gasteiger partial charge in [-0.05, 0) is 22.4 Å². The molecule has 1 atom stereocenters. The SMILES string of the molecule is O=C(NC(c1ccccc1)c1c(O)ccc2ccccc12)c1cnc2sccn2c1=O. The zero-order valence-electron chi connectivity index (χ0n) is 16.2. The number of thiazole rings is 1. The molecule has 0 aliphatic carbocycles. The summed E-state index contributed by atoms with van der Waals surface area (Å²) < 4.78 is 1.35. The number of carbonyl (C=O) groups is 1. The Balaban J connectivity index is 1.65. The fourth-order valence-corrected chi connectivity index (χ4v) is 4.42. The molecule has 0 bridgehead atoms. The van der Waals surface area contributed by atoms with E-state index < -0.39 is 17.5 Å². The van der Waals surface area contributed by atoms with Crippen LogP contribution in [0.4, 0.5) is 0 Å². The lowest BCUT2D eigenvalue weighted by Gasteiger charge is -2.22. The molecular weight excluding hydrogens is 410 g/mol. The van der Waals surface area contributed by atoms with Gasteiger partial charge in [-0.25, -0.2) is 4.98 Å². The number of rotatable bonds is 4. The summed E-state index contributed by atoms with van der Waals surface area (Å²) in [5, 5.41) is 17.2. The summed E-state index contributed by atoms with van der Waals surface area (Å²) in [4.78, 5) is 30.7. The number of nitrogens with zero attached hydrogens (tertiary/aromatic N) is 2. The number of nitrogens with one attached hydrogen (secondary N) is 1. The zero-order chi connectivity index (χ0) is 21.4. The molecule has 7 heteroatoms. The van der Waals surface area contributed by atoms with E-state index in [9.17, 15) is 14.7 Å². The van der Waals surface area contributed by atoms with Crippen LogP contribution in [0.3, 0.4) is 0 Å². The second kappa shape index (κ2) is 7.70. The first-order valence-corrected chi connectivity index (χ1v) is 10.5. The van der Waals surface area contributed by atoms with E-state index in [-0.39, 0.29) is 11.3 Å². The third-order valence-electron chi connectivity index (χ3n) is 5.23. The fraction of sp³-hybridized carbons (Fsp3) is 0.0417. The van der Waals surface area contributed by atoms with Crippen molar-refractivity contribution in [1.82, 2.24) is 14.7 Å². The van der Waals surface area contributed by atoms with Crippen molar-refractivity contribution in [2.45, 2.75) is 6.04 Å². The molecule has 2 heterocycles. The standard InChI is InChI=1S/C24H17N3O3S/c28-19-11-10-15-6-4-5-9-17(15)20(19)21(16-7-2-1-3-8-16)26-22(29)18-14-25-24-27(23(18)30)12-13-31-24/h1-14,21,28H,(H,26,29).